The van der Waals surface area contributed by atoms with Crippen LogP contribution in [-0.2, 0) is 22.7 Å². The zero-order valence-electron chi connectivity index (χ0n) is 15.8. The fourth-order valence-corrected chi connectivity index (χ4v) is 2.76. The van der Waals surface area contributed by atoms with Crippen molar-refractivity contribution in [3.05, 3.63) is 88.3 Å². The van der Waals surface area contributed by atoms with Crippen LogP contribution >= 0.6 is 15.9 Å². The number of hydrogen-bond acceptors (Lipinski definition) is 5. The van der Waals surface area contributed by atoms with Crippen LogP contribution in [0.3, 0.4) is 0 Å². The van der Waals surface area contributed by atoms with Gasteiger partial charge in [0.2, 0.25) is 5.76 Å². The number of carbonyl (C=O) groups is 2. The lowest BCUT2D eigenvalue weighted by atomic mass is 10.2. The van der Waals surface area contributed by atoms with Gasteiger partial charge in [0.15, 0.2) is 6.61 Å². The third-order valence-electron chi connectivity index (χ3n) is 4.07. The maximum atomic E-state index is 12.2. The Kier molecular flexibility index (Phi) is 7.08. The molecular formula is C22H20BrNO5. The first-order chi connectivity index (χ1) is 14.0. The molecule has 1 amide bonds. The fourth-order valence-electron chi connectivity index (χ4n) is 2.50. The van der Waals surface area contributed by atoms with Crippen molar-refractivity contribution in [2.45, 2.75) is 13.2 Å². The van der Waals surface area contributed by atoms with Gasteiger partial charge in [-0.1, -0.05) is 46.3 Å². The highest BCUT2D eigenvalue weighted by Crippen LogP contribution is 2.15. The molecule has 0 saturated carbocycles. The molecule has 0 N–H and O–H groups in total. The van der Waals surface area contributed by atoms with Crippen LogP contribution < -0.4 is 4.74 Å². The van der Waals surface area contributed by atoms with E-state index in [2.05, 4.69) is 15.9 Å². The van der Waals surface area contributed by atoms with Gasteiger partial charge in [0.05, 0.1) is 0 Å². The van der Waals surface area contributed by atoms with Crippen LogP contribution in [0.2, 0.25) is 0 Å². The van der Waals surface area contributed by atoms with Gasteiger partial charge in [-0.25, -0.2) is 4.79 Å². The Labute approximate surface area is 177 Å². The lowest BCUT2D eigenvalue weighted by molar-refractivity contribution is -0.133. The summed E-state index contributed by atoms with van der Waals surface area (Å²) in [6, 6.07) is 20.1. The number of esters is 1. The molecule has 0 fully saturated rings. The number of ether oxygens (including phenoxy) is 2. The Balaban J connectivity index is 1.45. The van der Waals surface area contributed by atoms with Gasteiger partial charge in [-0.05, 0) is 42.0 Å². The highest BCUT2D eigenvalue weighted by atomic mass is 79.9. The molecule has 29 heavy (non-hydrogen) atoms. The molecular weight excluding hydrogens is 438 g/mol. The number of halogens is 1. The van der Waals surface area contributed by atoms with Crippen molar-refractivity contribution in [2.24, 2.45) is 0 Å². The van der Waals surface area contributed by atoms with Gasteiger partial charge in [0.1, 0.15) is 18.1 Å². The number of benzene rings is 2. The van der Waals surface area contributed by atoms with Crippen molar-refractivity contribution < 1.29 is 23.5 Å². The molecule has 0 bridgehead atoms. The molecule has 2 aromatic carbocycles. The van der Waals surface area contributed by atoms with E-state index < -0.39 is 5.97 Å². The van der Waals surface area contributed by atoms with E-state index >= 15 is 0 Å². The monoisotopic (exact) mass is 457 g/mol. The summed E-state index contributed by atoms with van der Waals surface area (Å²) in [4.78, 5) is 25.8. The van der Waals surface area contributed by atoms with E-state index in [0.29, 0.717) is 18.1 Å². The topological polar surface area (TPSA) is 69.0 Å². The van der Waals surface area contributed by atoms with Crippen molar-refractivity contribution >= 4 is 27.8 Å². The van der Waals surface area contributed by atoms with Crippen molar-refractivity contribution in [3.63, 3.8) is 0 Å². The molecule has 0 atom stereocenters. The van der Waals surface area contributed by atoms with E-state index in [1.54, 1.807) is 13.1 Å². The van der Waals surface area contributed by atoms with Crippen LogP contribution in [0.1, 0.15) is 21.9 Å². The number of likely N-dealkylation sites (N-methyl/N-ethyl adjacent to an activating group) is 1. The predicted molar refractivity (Wildman–Crippen MR) is 110 cm³/mol. The summed E-state index contributed by atoms with van der Waals surface area (Å²) >= 11 is 3.37. The average molecular weight is 458 g/mol. The quantitative estimate of drug-likeness (QED) is 0.467. The van der Waals surface area contributed by atoms with Crippen molar-refractivity contribution in [1.82, 2.24) is 4.90 Å². The van der Waals surface area contributed by atoms with Crippen molar-refractivity contribution in [1.29, 1.82) is 0 Å². The summed E-state index contributed by atoms with van der Waals surface area (Å²) in [5, 5.41) is 0. The van der Waals surface area contributed by atoms with E-state index in [1.807, 2.05) is 54.6 Å². The molecule has 0 unspecified atom stereocenters. The molecule has 0 spiro atoms. The van der Waals surface area contributed by atoms with Crippen LogP contribution in [-0.4, -0.2) is 30.4 Å². The highest BCUT2D eigenvalue weighted by molar-refractivity contribution is 9.10. The molecule has 0 aliphatic rings. The zero-order chi connectivity index (χ0) is 20.6. The molecule has 3 rings (SSSR count). The van der Waals surface area contributed by atoms with Crippen LogP contribution in [0, 0.1) is 0 Å². The average Bonchev–Trinajstić information content (AvgIpc) is 3.22. The summed E-state index contributed by atoms with van der Waals surface area (Å²) in [7, 11) is 1.66. The Morgan fingerprint density at radius 3 is 2.45 bits per heavy atom. The minimum atomic E-state index is -0.693. The minimum Gasteiger partial charge on any atom is -0.486 e. The van der Waals surface area contributed by atoms with E-state index in [1.165, 1.54) is 11.0 Å². The van der Waals surface area contributed by atoms with Crippen molar-refractivity contribution in [3.8, 4) is 5.75 Å². The second-order valence-corrected chi connectivity index (χ2v) is 7.24. The number of para-hydroxylation sites is 1. The maximum Gasteiger partial charge on any atom is 0.374 e. The van der Waals surface area contributed by atoms with Crippen LogP contribution in [0.15, 0.2) is 75.6 Å². The summed E-state index contributed by atoms with van der Waals surface area (Å²) in [6.45, 7) is 0.250. The van der Waals surface area contributed by atoms with Gasteiger partial charge >= 0.3 is 5.97 Å². The second kappa shape index (κ2) is 9.93. The number of carbonyl (C=O) groups excluding carboxylic acids is 2. The second-order valence-electron chi connectivity index (χ2n) is 6.32. The summed E-state index contributed by atoms with van der Waals surface area (Å²) in [6.07, 6.45) is 0. The Morgan fingerprint density at radius 1 is 1.00 bits per heavy atom. The largest absolute Gasteiger partial charge is 0.486 e. The first-order valence-electron chi connectivity index (χ1n) is 8.93. The highest BCUT2D eigenvalue weighted by Gasteiger charge is 2.17. The Morgan fingerprint density at radius 2 is 1.72 bits per heavy atom. The molecule has 0 saturated heterocycles. The lowest BCUT2D eigenvalue weighted by Crippen LogP contribution is -2.30. The van der Waals surface area contributed by atoms with E-state index in [-0.39, 0.29) is 24.9 Å². The Hall–Kier alpha value is -3.06. The van der Waals surface area contributed by atoms with Gasteiger partial charge < -0.3 is 18.8 Å². The SMILES string of the molecule is CN(Cc1ccc(Br)cc1)C(=O)COC(=O)c1ccc(COc2ccccc2)o1. The van der Waals surface area contributed by atoms with Gasteiger partial charge in [0, 0.05) is 18.1 Å². The van der Waals surface area contributed by atoms with Gasteiger partial charge in [-0.15, -0.1) is 0 Å². The normalized spacial score (nSPS) is 10.4. The number of rotatable bonds is 8. The van der Waals surface area contributed by atoms with Crippen LogP contribution in [0.5, 0.6) is 5.75 Å². The van der Waals surface area contributed by atoms with Crippen molar-refractivity contribution in [2.75, 3.05) is 13.7 Å². The smallest absolute Gasteiger partial charge is 0.374 e. The summed E-state index contributed by atoms with van der Waals surface area (Å²) < 4.78 is 17.0. The van der Waals surface area contributed by atoms with E-state index in [4.69, 9.17) is 13.9 Å². The first kappa shape index (κ1) is 20.7. The van der Waals surface area contributed by atoms with Gasteiger partial charge in [-0.3, -0.25) is 4.79 Å². The standard InChI is InChI=1S/C22H20BrNO5/c1-24(13-16-7-9-17(23)10-8-16)21(25)15-28-22(26)20-12-11-19(29-20)14-27-18-5-3-2-4-6-18/h2-12H,13-15H2,1H3. The Bertz CT molecular complexity index is 953. The number of amides is 1. The fraction of sp³-hybridized carbons (Fsp3) is 0.182. The molecule has 0 aliphatic heterocycles. The van der Waals surface area contributed by atoms with Gasteiger partial charge in [-0.2, -0.15) is 0 Å². The summed E-state index contributed by atoms with van der Waals surface area (Å²) in [5.74, 6) is 0.216. The molecule has 0 aliphatic carbocycles. The zero-order valence-corrected chi connectivity index (χ0v) is 17.4. The molecule has 150 valence electrons. The third-order valence-corrected chi connectivity index (χ3v) is 4.60. The van der Waals surface area contributed by atoms with Gasteiger partial charge in [0.25, 0.3) is 5.91 Å². The molecule has 7 heteroatoms. The maximum absolute atomic E-state index is 12.2. The molecule has 6 nitrogen and oxygen atoms in total. The van der Waals surface area contributed by atoms with Crippen LogP contribution in [0.4, 0.5) is 0 Å². The minimum absolute atomic E-state index is 0.0278. The molecule has 0 radical (unpaired) electrons. The predicted octanol–water partition coefficient (Wildman–Crippen LogP) is 4.44. The number of hydrogen-bond donors (Lipinski definition) is 0. The van der Waals surface area contributed by atoms with E-state index in [0.717, 1.165) is 10.0 Å². The van der Waals surface area contributed by atoms with E-state index in [9.17, 15) is 9.59 Å². The van der Waals surface area contributed by atoms with Crippen LogP contribution in [0.25, 0.3) is 0 Å². The molecule has 1 aromatic heterocycles. The molecule has 1 heterocycles. The number of furan rings is 1. The number of nitrogens with zero attached hydrogens (tertiary/aromatic N) is 1. The lowest BCUT2D eigenvalue weighted by Gasteiger charge is -2.17. The molecule has 3 aromatic rings. The third kappa shape index (κ3) is 6.22. The summed E-state index contributed by atoms with van der Waals surface area (Å²) in [5.41, 5.74) is 0.976. The first-order valence-corrected chi connectivity index (χ1v) is 9.72.